The molecule has 16 heavy (non-hydrogen) atoms. The Bertz CT molecular complexity index is 380. The number of halogens is 3. The quantitative estimate of drug-likeness (QED) is 0.750. The van der Waals surface area contributed by atoms with Gasteiger partial charge in [-0.2, -0.15) is 0 Å². The van der Waals surface area contributed by atoms with Crippen LogP contribution in [0.25, 0.3) is 6.08 Å². The molecule has 1 nitrogen and oxygen atoms in total. The van der Waals surface area contributed by atoms with Gasteiger partial charge in [0.2, 0.25) is 0 Å². The van der Waals surface area contributed by atoms with Gasteiger partial charge in [0.05, 0.1) is 0 Å². The van der Waals surface area contributed by atoms with Crippen LogP contribution in [0.15, 0.2) is 24.8 Å². The summed E-state index contributed by atoms with van der Waals surface area (Å²) in [7, 11) is 0. The fourth-order valence-corrected chi connectivity index (χ4v) is 1.42. The summed E-state index contributed by atoms with van der Waals surface area (Å²) in [4.78, 5) is 0. The van der Waals surface area contributed by atoms with Crippen molar-refractivity contribution in [3.8, 4) is 5.75 Å². The highest BCUT2D eigenvalue weighted by Gasteiger charge is 2.33. The maximum absolute atomic E-state index is 12.2. The SMILES string of the molecule is C=Cc1cccc(C(C)C)c1OC(F)(F)F. The Morgan fingerprint density at radius 2 is 1.94 bits per heavy atom. The first kappa shape index (κ1) is 12.6. The summed E-state index contributed by atoms with van der Waals surface area (Å²) in [5.41, 5.74) is 0.873. The van der Waals surface area contributed by atoms with E-state index < -0.39 is 6.36 Å². The summed E-state index contributed by atoms with van der Waals surface area (Å²) < 4.78 is 40.8. The fraction of sp³-hybridized carbons (Fsp3) is 0.333. The number of hydrogen-bond donors (Lipinski definition) is 0. The molecule has 0 bridgehead atoms. The number of rotatable bonds is 3. The summed E-state index contributed by atoms with van der Waals surface area (Å²) in [5.74, 6) is -0.197. The molecular formula is C12H13F3O. The van der Waals surface area contributed by atoms with Crippen LogP contribution in [0, 0.1) is 0 Å². The summed E-state index contributed by atoms with van der Waals surface area (Å²) >= 11 is 0. The average Bonchev–Trinajstić information content (AvgIpc) is 2.15. The monoisotopic (exact) mass is 230 g/mol. The smallest absolute Gasteiger partial charge is 0.405 e. The van der Waals surface area contributed by atoms with Crippen molar-refractivity contribution < 1.29 is 17.9 Å². The average molecular weight is 230 g/mol. The van der Waals surface area contributed by atoms with E-state index in [1.165, 1.54) is 6.08 Å². The molecule has 0 saturated carbocycles. The van der Waals surface area contributed by atoms with E-state index >= 15 is 0 Å². The molecule has 0 aliphatic carbocycles. The Morgan fingerprint density at radius 3 is 2.38 bits per heavy atom. The van der Waals surface area contributed by atoms with Gasteiger partial charge >= 0.3 is 6.36 Å². The van der Waals surface area contributed by atoms with Crippen LogP contribution in [0.5, 0.6) is 5.75 Å². The van der Waals surface area contributed by atoms with Crippen molar-refractivity contribution in [1.29, 1.82) is 0 Å². The van der Waals surface area contributed by atoms with Crippen LogP contribution < -0.4 is 4.74 Å². The highest BCUT2D eigenvalue weighted by Crippen LogP contribution is 2.34. The molecule has 0 heterocycles. The highest BCUT2D eigenvalue weighted by atomic mass is 19.4. The van der Waals surface area contributed by atoms with Gasteiger partial charge in [-0.15, -0.1) is 13.2 Å². The standard InChI is InChI=1S/C12H13F3O/c1-4-9-6-5-7-10(8(2)3)11(9)16-12(13,14)15/h4-8H,1H2,2-3H3. The second-order valence-corrected chi connectivity index (χ2v) is 3.67. The van der Waals surface area contributed by atoms with E-state index in [1.807, 2.05) is 13.8 Å². The van der Waals surface area contributed by atoms with Gasteiger partial charge in [-0.25, -0.2) is 0 Å². The summed E-state index contributed by atoms with van der Waals surface area (Å²) in [5, 5.41) is 0. The van der Waals surface area contributed by atoms with Crippen molar-refractivity contribution in [3.63, 3.8) is 0 Å². The van der Waals surface area contributed by atoms with Crippen LogP contribution in [-0.4, -0.2) is 6.36 Å². The fourth-order valence-electron chi connectivity index (χ4n) is 1.42. The maximum atomic E-state index is 12.2. The van der Waals surface area contributed by atoms with Crippen LogP contribution in [-0.2, 0) is 0 Å². The molecule has 0 aromatic heterocycles. The van der Waals surface area contributed by atoms with Crippen molar-refractivity contribution in [1.82, 2.24) is 0 Å². The Labute approximate surface area is 92.5 Å². The first-order chi connectivity index (χ1) is 7.35. The lowest BCUT2D eigenvalue weighted by molar-refractivity contribution is -0.275. The molecule has 0 saturated heterocycles. The molecule has 0 radical (unpaired) electrons. The van der Waals surface area contributed by atoms with Crippen molar-refractivity contribution in [3.05, 3.63) is 35.9 Å². The van der Waals surface area contributed by atoms with Gasteiger partial charge < -0.3 is 4.74 Å². The van der Waals surface area contributed by atoms with Gasteiger partial charge in [-0.3, -0.25) is 0 Å². The number of para-hydroxylation sites is 1. The van der Waals surface area contributed by atoms with E-state index in [4.69, 9.17) is 0 Å². The zero-order valence-electron chi connectivity index (χ0n) is 9.14. The molecule has 1 rings (SSSR count). The maximum Gasteiger partial charge on any atom is 0.573 e. The van der Waals surface area contributed by atoms with E-state index in [9.17, 15) is 13.2 Å². The van der Waals surface area contributed by atoms with E-state index in [1.54, 1.807) is 18.2 Å². The first-order valence-corrected chi connectivity index (χ1v) is 4.86. The molecule has 0 N–H and O–H groups in total. The minimum atomic E-state index is -4.68. The second kappa shape index (κ2) is 4.60. The van der Waals surface area contributed by atoms with Crippen LogP contribution in [0.1, 0.15) is 30.9 Å². The lowest BCUT2D eigenvalue weighted by Crippen LogP contribution is -2.19. The Hall–Kier alpha value is -1.45. The Morgan fingerprint density at radius 1 is 1.31 bits per heavy atom. The summed E-state index contributed by atoms with van der Waals surface area (Å²) in [6.07, 6.45) is -3.32. The zero-order chi connectivity index (χ0) is 12.3. The molecule has 1 aromatic carbocycles. The predicted octanol–water partition coefficient (Wildman–Crippen LogP) is 4.35. The third-order valence-corrected chi connectivity index (χ3v) is 2.14. The van der Waals surface area contributed by atoms with Gasteiger partial charge in [0.1, 0.15) is 5.75 Å². The lowest BCUT2D eigenvalue weighted by Gasteiger charge is -2.17. The molecule has 0 atom stereocenters. The number of hydrogen-bond acceptors (Lipinski definition) is 1. The molecule has 1 aromatic rings. The first-order valence-electron chi connectivity index (χ1n) is 4.86. The van der Waals surface area contributed by atoms with Gasteiger partial charge in [-0.1, -0.05) is 44.7 Å². The normalized spacial score (nSPS) is 11.6. The number of ether oxygens (including phenoxy) is 1. The Kier molecular flexibility index (Phi) is 3.62. The molecule has 4 heteroatoms. The van der Waals surface area contributed by atoms with Crippen LogP contribution in [0.3, 0.4) is 0 Å². The van der Waals surface area contributed by atoms with E-state index in [2.05, 4.69) is 11.3 Å². The molecule has 0 fully saturated rings. The van der Waals surface area contributed by atoms with Crippen LogP contribution >= 0.6 is 0 Å². The van der Waals surface area contributed by atoms with Gasteiger partial charge in [0.15, 0.2) is 0 Å². The topological polar surface area (TPSA) is 9.23 Å². The number of benzene rings is 1. The molecule has 0 aliphatic heterocycles. The van der Waals surface area contributed by atoms with E-state index in [0.29, 0.717) is 11.1 Å². The molecule has 88 valence electrons. The predicted molar refractivity (Wildman–Crippen MR) is 57.3 cm³/mol. The second-order valence-electron chi connectivity index (χ2n) is 3.67. The van der Waals surface area contributed by atoms with Crippen molar-refractivity contribution in [2.45, 2.75) is 26.1 Å². The summed E-state index contributed by atoms with van der Waals surface area (Å²) in [6.45, 7) is 7.10. The zero-order valence-corrected chi connectivity index (χ0v) is 9.14. The molecule has 0 aliphatic rings. The number of alkyl halides is 3. The minimum Gasteiger partial charge on any atom is -0.405 e. The van der Waals surface area contributed by atoms with E-state index in [-0.39, 0.29) is 11.7 Å². The Balaban J connectivity index is 3.25. The van der Waals surface area contributed by atoms with Crippen molar-refractivity contribution in [2.24, 2.45) is 0 Å². The molecular weight excluding hydrogens is 217 g/mol. The highest BCUT2D eigenvalue weighted by molar-refractivity contribution is 5.59. The van der Waals surface area contributed by atoms with Gasteiger partial charge in [-0.05, 0) is 11.5 Å². The van der Waals surface area contributed by atoms with Crippen molar-refractivity contribution >= 4 is 6.08 Å². The van der Waals surface area contributed by atoms with Crippen molar-refractivity contribution in [2.75, 3.05) is 0 Å². The largest absolute Gasteiger partial charge is 0.573 e. The third kappa shape index (κ3) is 3.02. The van der Waals surface area contributed by atoms with E-state index in [0.717, 1.165) is 0 Å². The van der Waals surface area contributed by atoms with Gasteiger partial charge in [0.25, 0.3) is 0 Å². The van der Waals surface area contributed by atoms with Gasteiger partial charge in [0, 0.05) is 5.56 Å². The molecule has 0 unspecified atom stereocenters. The summed E-state index contributed by atoms with van der Waals surface area (Å²) in [6, 6.07) is 4.86. The minimum absolute atomic E-state index is 0.0442. The molecule has 0 spiro atoms. The van der Waals surface area contributed by atoms with Crippen LogP contribution in [0.2, 0.25) is 0 Å². The lowest BCUT2D eigenvalue weighted by atomic mass is 9.99. The van der Waals surface area contributed by atoms with Crippen LogP contribution in [0.4, 0.5) is 13.2 Å². The molecule has 0 amide bonds. The third-order valence-electron chi connectivity index (χ3n) is 2.14.